The second-order valence-corrected chi connectivity index (χ2v) is 3.80. The average molecular weight is 249 g/mol. The van der Waals surface area contributed by atoms with Crippen molar-refractivity contribution in [1.29, 1.82) is 5.26 Å². The standard InChI is InChI=1S/C14H19NO3/c1-16-8-2-9-17-10-3-11-18-14-6-4-13(12-15)5-7-14/h4-7H,2-3,8-11H2,1H3. The summed E-state index contributed by atoms with van der Waals surface area (Å²) in [6, 6.07) is 9.17. The second-order valence-electron chi connectivity index (χ2n) is 3.80. The molecule has 0 aliphatic carbocycles. The Bertz CT molecular complexity index is 356. The molecule has 0 aliphatic heterocycles. The zero-order valence-electron chi connectivity index (χ0n) is 10.7. The van der Waals surface area contributed by atoms with E-state index in [2.05, 4.69) is 6.07 Å². The van der Waals surface area contributed by atoms with Crippen LogP contribution in [0.3, 0.4) is 0 Å². The van der Waals surface area contributed by atoms with Crippen LogP contribution >= 0.6 is 0 Å². The van der Waals surface area contributed by atoms with Crippen LogP contribution in [0, 0.1) is 11.3 Å². The monoisotopic (exact) mass is 249 g/mol. The van der Waals surface area contributed by atoms with Crippen molar-refractivity contribution in [2.24, 2.45) is 0 Å². The van der Waals surface area contributed by atoms with Crippen molar-refractivity contribution in [2.45, 2.75) is 12.8 Å². The Balaban J connectivity index is 2.02. The third-order valence-corrected chi connectivity index (χ3v) is 2.32. The summed E-state index contributed by atoms with van der Waals surface area (Å²) in [5.41, 5.74) is 0.642. The zero-order valence-corrected chi connectivity index (χ0v) is 10.7. The van der Waals surface area contributed by atoms with Gasteiger partial charge < -0.3 is 14.2 Å². The quantitative estimate of drug-likeness (QED) is 0.630. The number of rotatable bonds is 9. The maximum absolute atomic E-state index is 8.65. The number of hydrogen-bond acceptors (Lipinski definition) is 4. The van der Waals surface area contributed by atoms with E-state index in [4.69, 9.17) is 19.5 Å². The van der Waals surface area contributed by atoms with Gasteiger partial charge in [0, 0.05) is 33.4 Å². The molecule has 0 amide bonds. The minimum atomic E-state index is 0.621. The molecule has 0 bridgehead atoms. The van der Waals surface area contributed by atoms with Crippen LogP contribution in [0.25, 0.3) is 0 Å². The first-order valence-electron chi connectivity index (χ1n) is 6.06. The Labute approximate surface area is 108 Å². The molecule has 4 nitrogen and oxygen atoms in total. The Hall–Kier alpha value is -1.57. The number of hydrogen-bond donors (Lipinski definition) is 0. The summed E-state index contributed by atoms with van der Waals surface area (Å²) in [6.07, 6.45) is 1.78. The van der Waals surface area contributed by atoms with Crippen LogP contribution in [0.1, 0.15) is 18.4 Å². The van der Waals surface area contributed by atoms with Gasteiger partial charge >= 0.3 is 0 Å². The van der Waals surface area contributed by atoms with E-state index in [0.717, 1.165) is 31.8 Å². The summed E-state index contributed by atoms with van der Waals surface area (Å²) >= 11 is 0. The second kappa shape index (κ2) is 9.46. The molecule has 0 unspecified atom stereocenters. The average Bonchev–Trinajstić information content (AvgIpc) is 2.42. The molecule has 1 aromatic carbocycles. The highest BCUT2D eigenvalue weighted by Gasteiger charge is 1.95. The zero-order chi connectivity index (χ0) is 13.1. The first-order chi connectivity index (χ1) is 8.86. The summed E-state index contributed by atoms with van der Waals surface area (Å²) in [5, 5.41) is 8.65. The molecule has 0 heterocycles. The van der Waals surface area contributed by atoms with Gasteiger partial charge in [0.1, 0.15) is 5.75 Å². The molecule has 0 N–H and O–H groups in total. The summed E-state index contributed by atoms with van der Waals surface area (Å²) < 4.78 is 15.8. The Morgan fingerprint density at radius 2 is 1.67 bits per heavy atom. The smallest absolute Gasteiger partial charge is 0.119 e. The van der Waals surface area contributed by atoms with Crippen LogP contribution in [0.4, 0.5) is 0 Å². The molecular formula is C14H19NO3. The maximum Gasteiger partial charge on any atom is 0.119 e. The van der Waals surface area contributed by atoms with Gasteiger partial charge in [-0.15, -0.1) is 0 Å². The first-order valence-corrected chi connectivity index (χ1v) is 6.06. The van der Waals surface area contributed by atoms with Crippen LogP contribution < -0.4 is 4.74 Å². The van der Waals surface area contributed by atoms with Crippen LogP contribution in [0.5, 0.6) is 5.75 Å². The molecule has 0 aliphatic rings. The molecule has 0 radical (unpaired) electrons. The lowest BCUT2D eigenvalue weighted by atomic mass is 10.2. The highest BCUT2D eigenvalue weighted by Crippen LogP contribution is 2.11. The topological polar surface area (TPSA) is 51.5 Å². The molecule has 18 heavy (non-hydrogen) atoms. The molecule has 0 saturated carbocycles. The number of ether oxygens (including phenoxy) is 3. The Morgan fingerprint density at radius 3 is 2.28 bits per heavy atom. The third kappa shape index (κ3) is 6.24. The fourth-order valence-electron chi connectivity index (χ4n) is 1.38. The maximum atomic E-state index is 8.65. The van der Waals surface area contributed by atoms with Gasteiger partial charge in [-0.3, -0.25) is 0 Å². The van der Waals surface area contributed by atoms with Gasteiger partial charge in [-0.2, -0.15) is 5.26 Å². The third-order valence-electron chi connectivity index (χ3n) is 2.32. The molecule has 0 fully saturated rings. The van der Waals surface area contributed by atoms with Crippen LogP contribution in [0.15, 0.2) is 24.3 Å². The first kappa shape index (κ1) is 14.5. The van der Waals surface area contributed by atoms with Gasteiger partial charge in [-0.25, -0.2) is 0 Å². The summed E-state index contributed by atoms with van der Waals surface area (Å²) in [5.74, 6) is 0.786. The number of methoxy groups -OCH3 is 1. The lowest BCUT2D eigenvalue weighted by Gasteiger charge is -2.06. The van der Waals surface area contributed by atoms with Crippen LogP contribution in [-0.4, -0.2) is 33.5 Å². The predicted molar refractivity (Wildman–Crippen MR) is 68.6 cm³/mol. The molecular weight excluding hydrogens is 230 g/mol. The molecule has 1 aromatic rings. The molecule has 0 atom stereocenters. The largest absolute Gasteiger partial charge is 0.494 e. The van der Waals surface area contributed by atoms with Crippen molar-refractivity contribution in [3.63, 3.8) is 0 Å². The van der Waals surface area contributed by atoms with Gasteiger partial charge in [0.15, 0.2) is 0 Å². The van der Waals surface area contributed by atoms with E-state index in [1.54, 1.807) is 31.4 Å². The highest BCUT2D eigenvalue weighted by molar-refractivity contribution is 5.34. The van der Waals surface area contributed by atoms with E-state index in [-0.39, 0.29) is 0 Å². The Kier molecular flexibility index (Phi) is 7.61. The number of nitriles is 1. The van der Waals surface area contributed by atoms with Crippen molar-refractivity contribution in [3.05, 3.63) is 29.8 Å². The molecule has 0 spiro atoms. The van der Waals surface area contributed by atoms with E-state index in [0.29, 0.717) is 18.8 Å². The van der Waals surface area contributed by atoms with Crippen molar-refractivity contribution in [2.75, 3.05) is 33.5 Å². The van der Waals surface area contributed by atoms with E-state index >= 15 is 0 Å². The van der Waals surface area contributed by atoms with Crippen LogP contribution in [-0.2, 0) is 9.47 Å². The van der Waals surface area contributed by atoms with Crippen molar-refractivity contribution < 1.29 is 14.2 Å². The van der Waals surface area contributed by atoms with Crippen LogP contribution in [0.2, 0.25) is 0 Å². The lowest BCUT2D eigenvalue weighted by Crippen LogP contribution is -2.05. The molecule has 0 aromatic heterocycles. The van der Waals surface area contributed by atoms with Crippen molar-refractivity contribution in [3.8, 4) is 11.8 Å². The van der Waals surface area contributed by atoms with Crippen molar-refractivity contribution >= 4 is 0 Å². The Morgan fingerprint density at radius 1 is 1.00 bits per heavy atom. The normalized spacial score (nSPS) is 10.0. The van der Waals surface area contributed by atoms with Gasteiger partial charge in [-0.1, -0.05) is 0 Å². The fourth-order valence-corrected chi connectivity index (χ4v) is 1.38. The minimum Gasteiger partial charge on any atom is -0.494 e. The van der Waals surface area contributed by atoms with Gasteiger partial charge in [-0.05, 0) is 30.7 Å². The molecule has 0 saturated heterocycles. The molecule has 4 heteroatoms. The van der Waals surface area contributed by atoms with E-state index < -0.39 is 0 Å². The van der Waals surface area contributed by atoms with Gasteiger partial charge in [0.05, 0.1) is 18.2 Å². The summed E-state index contributed by atoms with van der Waals surface area (Å²) in [7, 11) is 1.69. The van der Waals surface area contributed by atoms with E-state index in [9.17, 15) is 0 Å². The molecule has 98 valence electrons. The summed E-state index contributed by atoms with van der Waals surface area (Å²) in [6.45, 7) is 2.78. The van der Waals surface area contributed by atoms with Gasteiger partial charge in [0.25, 0.3) is 0 Å². The van der Waals surface area contributed by atoms with Crippen molar-refractivity contribution in [1.82, 2.24) is 0 Å². The van der Waals surface area contributed by atoms with E-state index in [1.165, 1.54) is 0 Å². The lowest BCUT2D eigenvalue weighted by molar-refractivity contribution is 0.0940. The minimum absolute atomic E-state index is 0.621. The van der Waals surface area contributed by atoms with Gasteiger partial charge in [0.2, 0.25) is 0 Å². The number of nitrogens with zero attached hydrogens (tertiary/aromatic N) is 1. The molecule has 1 rings (SSSR count). The fraction of sp³-hybridized carbons (Fsp3) is 0.500. The SMILES string of the molecule is COCCCOCCCOc1ccc(C#N)cc1. The predicted octanol–water partition coefficient (Wildman–Crippen LogP) is 2.38. The highest BCUT2D eigenvalue weighted by atomic mass is 16.5. The van der Waals surface area contributed by atoms with E-state index in [1.807, 2.05) is 0 Å². The summed E-state index contributed by atoms with van der Waals surface area (Å²) in [4.78, 5) is 0. The number of benzene rings is 1.